The standard InChI is InChI=1S/C28H17IN4O11/c1-44-11-5-10(34)13-14(19(11)35)21(37)16-15(20(13)36)23(39)28(24(16)40)3-2-8-17(28)22(38)12-9(18(8)29)4-7(32-26(12)42)6-31-33-27(43)25(30)41/h4-6,38-40H,2-3H2,1H3,(H2,30,41)(H,32,42)(H,33,43)/b31-6+/t28-/m0/s1. The Morgan fingerprint density at radius 2 is 1.66 bits per heavy atom. The van der Waals surface area contributed by atoms with Crippen LogP contribution in [0.25, 0.3) is 22.3 Å². The number of aromatic nitrogens is 1. The highest BCUT2D eigenvalue weighted by Crippen LogP contribution is 2.55. The highest BCUT2D eigenvalue weighted by atomic mass is 127. The Hall–Kier alpha value is -5.39. The van der Waals surface area contributed by atoms with Crippen LogP contribution in [0.1, 0.15) is 23.2 Å². The number of methoxy groups -OCH3 is 1. The van der Waals surface area contributed by atoms with Gasteiger partial charge in [-0.15, -0.1) is 0 Å². The van der Waals surface area contributed by atoms with Gasteiger partial charge in [-0.05, 0) is 47.1 Å². The van der Waals surface area contributed by atoms with Crippen molar-refractivity contribution >= 4 is 62.9 Å². The van der Waals surface area contributed by atoms with E-state index in [4.69, 9.17) is 10.5 Å². The van der Waals surface area contributed by atoms with Gasteiger partial charge >= 0.3 is 11.8 Å². The molecule has 1 atom stereocenters. The van der Waals surface area contributed by atoms with E-state index in [1.807, 2.05) is 28.0 Å². The first-order valence-electron chi connectivity index (χ1n) is 12.6. The number of benzene rings is 1. The SMILES string of the molecule is COc1cc(=O)c2c(=O)c3c(c(=O)c=2c1=O)=C(O)[C@]1(CCc2c1c(O)c1c(=O)[nH]c(/C=N/NC(=O)C(N)=O)cc1c2I)C=3O. The number of aromatic amines is 1. The van der Waals surface area contributed by atoms with Crippen molar-refractivity contribution in [3.05, 3.63) is 105 Å². The van der Waals surface area contributed by atoms with Gasteiger partial charge in [0.15, 0.2) is 11.2 Å². The molecule has 222 valence electrons. The van der Waals surface area contributed by atoms with Crippen LogP contribution in [0.5, 0.6) is 11.5 Å². The largest absolute Gasteiger partial charge is 0.510 e. The van der Waals surface area contributed by atoms with Crippen LogP contribution in [0.3, 0.4) is 0 Å². The quantitative estimate of drug-likeness (QED) is 0.0542. The number of primary amides is 1. The Labute approximate surface area is 254 Å². The van der Waals surface area contributed by atoms with Crippen molar-refractivity contribution in [1.82, 2.24) is 10.4 Å². The normalized spacial score (nSPS) is 17.1. The molecule has 2 aromatic rings. The average Bonchev–Trinajstić information content (AvgIpc) is 3.48. The molecule has 0 unspecified atom stereocenters. The van der Waals surface area contributed by atoms with E-state index < -0.39 is 88.4 Å². The molecule has 2 amide bonds. The number of hydrogen-bond donors (Lipinski definition) is 6. The number of nitrogens with one attached hydrogen (secondary N) is 2. The molecule has 44 heavy (non-hydrogen) atoms. The van der Waals surface area contributed by atoms with Crippen LogP contribution < -0.4 is 53.6 Å². The first-order valence-corrected chi connectivity index (χ1v) is 13.7. The number of hydrazone groups is 1. The second-order valence-corrected chi connectivity index (χ2v) is 11.2. The molecule has 0 saturated carbocycles. The van der Waals surface area contributed by atoms with E-state index in [2.05, 4.69) is 10.1 Å². The molecule has 1 aromatic heterocycles. The van der Waals surface area contributed by atoms with Crippen LogP contribution in [-0.2, 0) is 21.4 Å². The van der Waals surface area contributed by atoms with Gasteiger partial charge in [0.05, 0.1) is 45.3 Å². The van der Waals surface area contributed by atoms with Gasteiger partial charge in [-0.3, -0.25) is 33.6 Å². The summed E-state index contributed by atoms with van der Waals surface area (Å²) in [6, 6.07) is 2.17. The first kappa shape index (κ1) is 28.7. The van der Waals surface area contributed by atoms with Crippen molar-refractivity contribution in [2.75, 3.05) is 7.11 Å². The summed E-state index contributed by atoms with van der Waals surface area (Å²) in [6.45, 7) is 0. The fourth-order valence-electron chi connectivity index (χ4n) is 6.10. The minimum Gasteiger partial charge on any atom is -0.510 e. The van der Waals surface area contributed by atoms with Crippen molar-refractivity contribution in [1.29, 1.82) is 0 Å². The second kappa shape index (κ2) is 9.56. The van der Waals surface area contributed by atoms with Gasteiger partial charge in [-0.2, -0.15) is 5.10 Å². The molecular formula is C28H17IN4O11. The molecule has 1 aromatic carbocycles. The third-order valence-electron chi connectivity index (χ3n) is 7.97. The number of hydrogen-bond acceptors (Lipinski definition) is 12. The zero-order chi connectivity index (χ0) is 32.0. The Bertz CT molecular complexity index is 2570. The van der Waals surface area contributed by atoms with E-state index in [9.17, 15) is 48.9 Å². The third kappa shape index (κ3) is 3.53. The topological polar surface area (TPSA) is 256 Å². The van der Waals surface area contributed by atoms with Crippen molar-refractivity contribution in [3.63, 3.8) is 0 Å². The van der Waals surface area contributed by atoms with E-state index in [0.717, 1.165) is 19.4 Å². The van der Waals surface area contributed by atoms with Crippen LogP contribution in [-0.4, -0.2) is 45.4 Å². The summed E-state index contributed by atoms with van der Waals surface area (Å²) in [5.74, 6) is -5.26. The summed E-state index contributed by atoms with van der Waals surface area (Å²) in [6.07, 6.45) is 0.947. The monoisotopic (exact) mass is 712 g/mol. The number of nitrogens with zero attached hydrogens (tertiary/aromatic N) is 1. The third-order valence-corrected chi connectivity index (χ3v) is 9.20. The van der Waals surface area contributed by atoms with Gasteiger partial charge in [0.2, 0.25) is 16.3 Å². The fourth-order valence-corrected chi connectivity index (χ4v) is 7.06. The number of rotatable bonds is 3. The molecule has 6 rings (SSSR count). The fraction of sp³-hybridized carbons (Fsp3) is 0.143. The molecule has 7 N–H and O–H groups in total. The zero-order valence-corrected chi connectivity index (χ0v) is 24.3. The molecule has 15 nitrogen and oxygen atoms in total. The predicted molar refractivity (Wildman–Crippen MR) is 161 cm³/mol. The summed E-state index contributed by atoms with van der Waals surface area (Å²) in [4.78, 5) is 90.8. The summed E-state index contributed by atoms with van der Waals surface area (Å²) >= 11 is 1.90. The van der Waals surface area contributed by atoms with E-state index in [0.29, 0.717) is 9.13 Å². The van der Waals surface area contributed by atoms with E-state index >= 15 is 0 Å². The van der Waals surface area contributed by atoms with Crippen LogP contribution in [0.15, 0.2) is 41.2 Å². The van der Waals surface area contributed by atoms with Crippen molar-refractivity contribution in [2.45, 2.75) is 18.3 Å². The minimum absolute atomic E-state index is 0.0604. The maximum absolute atomic E-state index is 13.6. The Kier molecular flexibility index (Phi) is 6.24. The number of nitrogens with two attached hydrogens (primary N) is 1. The molecule has 0 saturated heterocycles. The minimum atomic E-state index is -2.05. The number of carbonyl (C=O) groups excluding carboxylic acids is 2. The predicted octanol–water partition coefficient (Wildman–Crippen LogP) is -2.95. The lowest BCUT2D eigenvalue weighted by molar-refractivity contribution is -0.137. The number of aromatic hydroxyl groups is 1. The molecule has 1 spiro atoms. The number of ether oxygens (including phenoxy) is 1. The van der Waals surface area contributed by atoms with Crippen molar-refractivity contribution < 1.29 is 29.6 Å². The number of fused-ring (bicyclic) bond motifs is 4. The van der Waals surface area contributed by atoms with Crippen LogP contribution >= 0.6 is 22.6 Å². The number of halogens is 1. The molecule has 4 aliphatic carbocycles. The highest BCUT2D eigenvalue weighted by Gasteiger charge is 2.53. The van der Waals surface area contributed by atoms with E-state index in [1.165, 1.54) is 6.07 Å². The van der Waals surface area contributed by atoms with Crippen molar-refractivity contribution in [3.8, 4) is 11.5 Å². The number of carbonyl (C=O) groups is 2. The first-order chi connectivity index (χ1) is 20.8. The van der Waals surface area contributed by atoms with Gasteiger partial charge in [0.1, 0.15) is 22.7 Å². The second-order valence-electron chi connectivity index (χ2n) is 10.1. The summed E-state index contributed by atoms with van der Waals surface area (Å²) < 4.78 is 5.28. The molecule has 1 heterocycles. The number of phenolic OH excluding ortho intramolecular Hbond substituents is 1. The zero-order valence-electron chi connectivity index (χ0n) is 22.2. The maximum atomic E-state index is 13.6. The number of pyridine rings is 1. The number of H-pyrrole nitrogens is 1. The van der Waals surface area contributed by atoms with E-state index in [-0.39, 0.29) is 34.9 Å². The Morgan fingerprint density at radius 1 is 1.02 bits per heavy atom. The lowest BCUT2D eigenvalue weighted by atomic mass is 9.78. The number of phenols is 1. The smallest absolute Gasteiger partial charge is 0.329 e. The summed E-state index contributed by atoms with van der Waals surface area (Å²) in [5.41, 5.74) is -0.248. The number of amides is 2. The molecule has 16 heteroatoms. The van der Waals surface area contributed by atoms with Crippen LogP contribution in [0.2, 0.25) is 0 Å². The molecule has 4 aliphatic rings. The Morgan fingerprint density at radius 3 is 2.27 bits per heavy atom. The van der Waals surface area contributed by atoms with Crippen LogP contribution in [0, 0.1) is 14.0 Å². The van der Waals surface area contributed by atoms with E-state index in [1.54, 1.807) is 0 Å². The molecular weight excluding hydrogens is 695 g/mol. The lowest BCUT2D eigenvalue weighted by Crippen LogP contribution is -2.51. The van der Waals surface area contributed by atoms with Crippen LogP contribution in [0.4, 0.5) is 0 Å². The molecule has 0 aliphatic heterocycles. The summed E-state index contributed by atoms with van der Waals surface area (Å²) in [7, 11) is 1.10. The molecule has 0 radical (unpaired) electrons. The van der Waals surface area contributed by atoms with Gasteiger partial charge in [0.25, 0.3) is 5.56 Å². The Balaban J connectivity index is 1.67. The molecule has 0 fully saturated rings. The summed E-state index contributed by atoms with van der Waals surface area (Å²) in [5, 5.41) is 35.2. The van der Waals surface area contributed by atoms with Crippen molar-refractivity contribution in [2.24, 2.45) is 10.8 Å². The number of aliphatic hydroxyl groups excluding tert-OH is 2. The van der Waals surface area contributed by atoms with Gasteiger partial charge in [0, 0.05) is 20.6 Å². The van der Waals surface area contributed by atoms with Gasteiger partial charge in [-0.1, -0.05) is 0 Å². The number of aliphatic hydroxyl groups is 2. The van der Waals surface area contributed by atoms with Gasteiger partial charge < -0.3 is 30.8 Å². The lowest BCUT2D eigenvalue weighted by Gasteiger charge is -2.27. The highest BCUT2D eigenvalue weighted by molar-refractivity contribution is 14.1. The maximum Gasteiger partial charge on any atom is 0.329 e. The average molecular weight is 712 g/mol. The molecule has 0 bridgehead atoms. The van der Waals surface area contributed by atoms with Gasteiger partial charge in [-0.25, -0.2) is 5.43 Å².